The number of amides is 1. The number of anilines is 1. The van der Waals surface area contributed by atoms with Crippen LogP contribution in [0.5, 0.6) is 0 Å². The fraction of sp³-hybridized carbons (Fsp3) is 0.348. The van der Waals surface area contributed by atoms with E-state index in [9.17, 15) is 27.2 Å². The number of nitrogens with one attached hydrogen (secondary N) is 2. The van der Waals surface area contributed by atoms with E-state index < -0.39 is 40.4 Å². The zero-order valence-corrected chi connectivity index (χ0v) is 18.6. The molecular formula is C23H23F4N5O2. The first-order valence-corrected chi connectivity index (χ1v) is 10.8. The highest BCUT2D eigenvalue weighted by molar-refractivity contribution is 5.95. The number of piperazine rings is 1. The predicted molar refractivity (Wildman–Crippen MR) is 119 cm³/mol. The number of nitrogens with zero attached hydrogens (tertiary/aromatic N) is 3. The third kappa shape index (κ3) is 4.23. The number of aryl methyl sites for hydroxylation is 1. The van der Waals surface area contributed by atoms with Gasteiger partial charge < -0.3 is 15.2 Å². The third-order valence-electron chi connectivity index (χ3n) is 6.00. The topological polar surface area (TPSA) is 81.3 Å². The molecule has 3 heterocycles. The Balaban J connectivity index is 1.50. The monoisotopic (exact) mass is 477 g/mol. The van der Waals surface area contributed by atoms with Crippen LogP contribution >= 0.6 is 0 Å². The molecule has 1 fully saturated rings. The molecule has 1 saturated heterocycles. The summed E-state index contributed by atoms with van der Waals surface area (Å²) >= 11 is 0. The van der Waals surface area contributed by atoms with Crippen molar-refractivity contribution in [3.05, 3.63) is 68.6 Å². The normalized spacial score (nSPS) is 14.6. The Labute approximate surface area is 192 Å². The lowest BCUT2D eigenvalue weighted by molar-refractivity contribution is 0.0952. The van der Waals surface area contributed by atoms with Crippen molar-refractivity contribution in [1.82, 2.24) is 20.2 Å². The molecule has 2 aromatic heterocycles. The number of carbonyl (C=O) groups is 1. The summed E-state index contributed by atoms with van der Waals surface area (Å²) in [5, 5.41) is 1.97. The lowest BCUT2D eigenvalue weighted by Gasteiger charge is -2.36. The van der Waals surface area contributed by atoms with Gasteiger partial charge in [0.1, 0.15) is 11.3 Å². The predicted octanol–water partition coefficient (Wildman–Crippen LogP) is 2.72. The molecule has 1 amide bonds. The fourth-order valence-corrected chi connectivity index (χ4v) is 4.13. The summed E-state index contributed by atoms with van der Waals surface area (Å²) in [4.78, 5) is 34.2. The second-order valence-corrected chi connectivity index (χ2v) is 8.08. The van der Waals surface area contributed by atoms with Crippen LogP contribution in [0.2, 0.25) is 0 Å². The minimum Gasteiger partial charge on any atom is -0.364 e. The van der Waals surface area contributed by atoms with Crippen molar-refractivity contribution < 1.29 is 22.4 Å². The highest BCUT2D eigenvalue weighted by Crippen LogP contribution is 2.32. The molecule has 34 heavy (non-hydrogen) atoms. The molecule has 180 valence electrons. The molecule has 4 rings (SSSR count). The van der Waals surface area contributed by atoms with Crippen molar-refractivity contribution in [2.45, 2.75) is 19.9 Å². The smallest absolute Gasteiger partial charge is 0.257 e. The number of hydrogen-bond acceptors (Lipinski definition) is 5. The molecule has 1 aromatic carbocycles. The van der Waals surface area contributed by atoms with Crippen molar-refractivity contribution in [1.29, 1.82) is 0 Å². The van der Waals surface area contributed by atoms with E-state index in [1.807, 2.05) is 23.2 Å². The van der Waals surface area contributed by atoms with Gasteiger partial charge in [0.15, 0.2) is 23.3 Å². The first-order chi connectivity index (χ1) is 16.2. The Kier molecular flexibility index (Phi) is 6.56. The van der Waals surface area contributed by atoms with Crippen LogP contribution in [0, 0.1) is 23.3 Å². The second-order valence-electron chi connectivity index (χ2n) is 8.08. The largest absolute Gasteiger partial charge is 0.364 e. The van der Waals surface area contributed by atoms with Gasteiger partial charge >= 0.3 is 0 Å². The van der Waals surface area contributed by atoms with Gasteiger partial charge in [-0.1, -0.05) is 6.92 Å². The summed E-state index contributed by atoms with van der Waals surface area (Å²) < 4.78 is 57.9. The number of H-pyrrole nitrogens is 1. The summed E-state index contributed by atoms with van der Waals surface area (Å²) in [5.74, 6) is -7.89. The SMILES string of the molecule is CCc1cc2ncc(CN3CCN(c4c(F)c(F)c(C(=O)NC)c(F)c4F)CC3)cc2[nH]c1=O. The minimum absolute atomic E-state index is 0.115. The number of aromatic nitrogens is 2. The van der Waals surface area contributed by atoms with Gasteiger partial charge in [0.2, 0.25) is 0 Å². The molecule has 0 spiro atoms. The lowest BCUT2D eigenvalue weighted by atomic mass is 10.1. The molecule has 0 aliphatic carbocycles. The minimum atomic E-state index is -1.72. The van der Waals surface area contributed by atoms with Crippen LogP contribution in [0.25, 0.3) is 11.0 Å². The second kappa shape index (κ2) is 9.41. The molecule has 0 unspecified atom stereocenters. The Morgan fingerprint density at radius 1 is 1.06 bits per heavy atom. The van der Waals surface area contributed by atoms with Crippen LogP contribution in [-0.2, 0) is 13.0 Å². The highest BCUT2D eigenvalue weighted by atomic mass is 19.2. The summed E-state index contributed by atoms with van der Waals surface area (Å²) in [6.07, 6.45) is 2.30. The Bertz CT molecular complexity index is 1290. The van der Waals surface area contributed by atoms with E-state index in [2.05, 4.69) is 9.97 Å². The standard InChI is InChI=1S/C23H23F4N5O2/c1-3-13-9-14-15(30-22(13)33)8-12(10-29-14)11-31-4-6-32(7-5-31)21-19(26)17(24)16(23(34)28-2)18(25)20(21)27/h8-10H,3-7,11H2,1-2H3,(H,28,34)(H,30,33). The Hall–Kier alpha value is -3.47. The van der Waals surface area contributed by atoms with Crippen LogP contribution in [0.1, 0.15) is 28.4 Å². The maximum absolute atomic E-state index is 14.6. The number of halogens is 4. The van der Waals surface area contributed by atoms with Gasteiger partial charge in [-0.15, -0.1) is 0 Å². The molecule has 1 aliphatic heterocycles. The van der Waals surface area contributed by atoms with Gasteiger partial charge in [-0.25, -0.2) is 17.6 Å². The van der Waals surface area contributed by atoms with E-state index in [0.29, 0.717) is 42.7 Å². The van der Waals surface area contributed by atoms with Crippen LogP contribution in [0.4, 0.5) is 23.2 Å². The zero-order valence-electron chi connectivity index (χ0n) is 18.6. The number of rotatable bonds is 5. The maximum atomic E-state index is 14.6. The van der Waals surface area contributed by atoms with E-state index in [-0.39, 0.29) is 18.6 Å². The summed E-state index contributed by atoms with van der Waals surface area (Å²) in [7, 11) is 1.11. The van der Waals surface area contributed by atoms with Crippen molar-refractivity contribution in [2.75, 3.05) is 38.1 Å². The summed E-state index contributed by atoms with van der Waals surface area (Å²) in [5.41, 5.74) is 0.523. The summed E-state index contributed by atoms with van der Waals surface area (Å²) in [6, 6.07) is 3.59. The lowest BCUT2D eigenvalue weighted by Crippen LogP contribution is -2.46. The van der Waals surface area contributed by atoms with Crippen LogP contribution < -0.4 is 15.8 Å². The van der Waals surface area contributed by atoms with Gasteiger partial charge in [-0.05, 0) is 24.1 Å². The number of benzene rings is 1. The molecule has 0 saturated carbocycles. The van der Waals surface area contributed by atoms with Gasteiger partial charge in [0.25, 0.3) is 11.5 Å². The summed E-state index contributed by atoms with van der Waals surface area (Å²) in [6.45, 7) is 3.32. The quantitative estimate of drug-likeness (QED) is 0.436. The number of hydrogen-bond donors (Lipinski definition) is 2. The van der Waals surface area contributed by atoms with Gasteiger partial charge in [-0.3, -0.25) is 19.5 Å². The number of carbonyl (C=O) groups excluding carboxylic acids is 1. The van der Waals surface area contributed by atoms with Crippen molar-refractivity contribution in [3.8, 4) is 0 Å². The third-order valence-corrected chi connectivity index (χ3v) is 6.00. The van der Waals surface area contributed by atoms with E-state index in [0.717, 1.165) is 12.6 Å². The van der Waals surface area contributed by atoms with E-state index >= 15 is 0 Å². The fourth-order valence-electron chi connectivity index (χ4n) is 4.13. The number of aromatic amines is 1. The van der Waals surface area contributed by atoms with E-state index in [4.69, 9.17) is 0 Å². The van der Waals surface area contributed by atoms with E-state index in [1.165, 1.54) is 4.90 Å². The molecule has 1 aliphatic rings. The first-order valence-electron chi connectivity index (χ1n) is 10.8. The van der Waals surface area contributed by atoms with Gasteiger partial charge in [0, 0.05) is 51.5 Å². The van der Waals surface area contributed by atoms with Crippen LogP contribution in [-0.4, -0.2) is 54.0 Å². The van der Waals surface area contributed by atoms with E-state index in [1.54, 1.807) is 12.3 Å². The van der Waals surface area contributed by atoms with Gasteiger partial charge in [0.05, 0.1) is 11.0 Å². The van der Waals surface area contributed by atoms with Crippen molar-refractivity contribution in [3.63, 3.8) is 0 Å². The maximum Gasteiger partial charge on any atom is 0.257 e. The molecule has 2 N–H and O–H groups in total. The molecule has 11 heteroatoms. The molecule has 0 atom stereocenters. The Morgan fingerprint density at radius 3 is 2.29 bits per heavy atom. The average Bonchev–Trinajstić information content (AvgIpc) is 2.83. The molecule has 0 bridgehead atoms. The molecular weight excluding hydrogens is 454 g/mol. The average molecular weight is 477 g/mol. The number of pyridine rings is 2. The van der Waals surface area contributed by atoms with Crippen molar-refractivity contribution in [2.24, 2.45) is 0 Å². The first kappa shape index (κ1) is 23.7. The molecule has 3 aromatic rings. The zero-order chi connectivity index (χ0) is 24.6. The van der Waals surface area contributed by atoms with Crippen molar-refractivity contribution >= 4 is 22.6 Å². The van der Waals surface area contributed by atoms with Gasteiger partial charge in [-0.2, -0.15) is 0 Å². The Morgan fingerprint density at radius 2 is 1.71 bits per heavy atom. The van der Waals surface area contributed by atoms with Crippen LogP contribution in [0.15, 0.2) is 23.1 Å². The molecule has 7 nitrogen and oxygen atoms in total. The molecule has 0 radical (unpaired) electrons. The highest BCUT2D eigenvalue weighted by Gasteiger charge is 2.32. The number of fused-ring (bicyclic) bond motifs is 1. The van der Waals surface area contributed by atoms with Crippen LogP contribution in [0.3, 0.4) is 0 Å².